The minimum absolute atomic E-state index is 0.0372. The first-order chi connectivity index (χ1) is 13.9. The second-order valence-electron chi connectivity index (χ2n) is 5.52. The molecule has 0 saturated carbocycles. The Hall–Kier alpha value is -3.82. The van der Waals surface area contributed by atoms with Crippen LogP contribution in [0.3, 0.4) is 0 Å². The predicted octanol–water partition coefficient (Wildman–Crippen LogP) is 2.56. The van der Waals surface area contributed by atoms with Crippen LogP contribution in [0.5, 0.6) is 17.2 Å². The van der Waals surface area contributed by atoms with Crippen LogP contribution in [0.4, 0.5) is 11.4 Å². The lowest BCUT2D eigenvalue weighted by Crippen LogP contribution is -2.24. The largest absolute Gasteiger partial charge is 0.494 e. The van der Waals surface area contributed by atoms with Crippen molar-refractivity contribution in [1.82, 2.24) is 0 Å². The first kappa shape index (κ1) is 21.5. The number of amides is 1. The van der Waals surface area contributed by atoms with E-state index in [-0.39, 0.29) is 11.4 Å². The normalized spacial score (nSPS) is 10.0. The second-order valence-corrected chi connectivity index (χ2v) is 5.52. The highest BCUT2D eigenvalue weighted by molar-refractivity contribution is 5.95. The molecule has 0 aliphatic rings. The molecule has 0 aromatic heterocycles. The highest BCUT2D eigenvalue weighted by Gasteiger charge is 2.18. The van der Waals surface area contributed by atoms with Gasteiger partial charge in [-0.3, -0.25) is 14.9 Å². The molecule has 29 heavy (non-hydrogen) atoms. The molecule has 10 nitrogen and oxygen atoms in total. The first-order valence-corrected chi connectivity index (χ1v) is 8.57. The third-order valence-corrected chi connectivity index (χ3v) is 3.53. The van der Waals surface area contributed by atoms with Gasteiger partial charge < -0.3 is 24.3 Å². The van der Waals surface area contributed by atoms with Crippen molar-refractivity contribution in [1.29, 1.82) is 0 Å². The fraction of sp³-hybridized carbons (Fsp3) is 0.263. The zero-order chi connectivity index (χ0) is 21.2. The average molecular weight is 404 g/mol. The van der Waals surface area contributed by atoms with Gasteiger partial charge >= 0.3 is 5.97 Å². The van der Waals surface area contributed by atoms with Gasteiger partial charge in [0, 0.05) is 0 Å². The molecule has 0 bridgehead atoms. The van der Waals surface area contributed by atoms with E-state index in [0.29, 0.717) is 23.9 Å². The van der Waals surface area contributed by atoms with E-state index < -0.39 is 30.0 Å². The lowest BCUT2D eigenvalue weighted by atomic mass is 10.2. The summed E-state index contributed by atoms with van der Waals surface area (Å²) < 4.78 is 20.4. The molecule has 2 aromatic carbocycles. The number of rotatable bonds is 10. The Bertz CT molecular complexity index is 884. The number of benzene rings is 2. The molecule has 1 N–H and O–H groups in total. The second kappa shape index (κ2) is 10.5. The average Bonchev–Trinajstić information content (AvgIpc) is 2.72. The molecule has 0 aliphatic heterocycles. The minimum Gasteiger partial charge on any atom is -0.494 e. The van der Waals surface area contributed by atoms with Crippen molar-refractivity contribution in [2.75, 3.05) is 32.2 Å². The van der Waals surface area contributed by atoms with Gasteiger partial charge in [-0.15, -0.1) is 0 Å². The Kier molecular flexibility index (Phi) is 7.78. The smallest absolute Gasteiger partial charge is 0.344 e. The fourth-order valence-corrected chi connectivity index (χ4v) is 2.27. The standard InChI is InChI=1S/C19H20N2O8/c1-3-27-13-8-9-14(15(10-13)21(24)25)20-18(22)11-29-19(23)12-28-17-7-5-4-6-16(17)26-2/h4-10H,3,11-12H2,1-2H3,(H,20,22). The molecule has 154 valence electrons. The number of methoxy groups -OCH3 is 1. The number of nitrogens with one attached hydrogen (secondary N) is 1. The SMILES string of the molecule is CCOc1ccc(NC(=O)COC(=O)COc2ccccc2OC)c([N+](=O)[O-])c1. The molecular weight excluding hydrogens is 384 g/mol. The van der Waals surface area contributed by atoms with Crippen molar-refractivity contribution in [2.45, 2.75) is 6.92 Å². The van der Waals surface area contributed by atoms with E-state index in [9.17, 15) is 19.7 Å². The molecule has 0 radical (unpaired) electrons. The number of hydrogen-bond acceptors (Lipinski definition) is 8. The Morgan fingerprint density at radius 2 is 1.79 bits per heavy atom. The van der Waals surface area contributed by atoms with Gasteiger partial charge in [-0.2, -0.15) is 0 Å². The van der Waals surface area contributed by atoms with Crippen molar-refractivity contribution >= 4 is 23.3 Å². The monoisotopic (exact) mass is 404 g/mol. The highest BCUT2D eigenvalue weighted by Crippen LogP contribution is 2.29. The Labute approximate surface area is 166 Å². The summed E-state index contributed by atoms with van der Waals surface area (Å²) in [5.74, 6) is -0.422. The maximum Gasteiger partial charge on any atom is 0.344 e. The maximum atomic E-state index is 12.0. The summed E-state index contributed by atoms with van der Waals surface area (Å²) in [5.41, 5.74) is -0.375. The van der Waals surface area contributed by atoms with Crippen LogP contribution >= 0.6 is 0 Å². The number of nitro groups is 1. The summed E-state index contributed by atoms with van der Waals surface area (Å²) in [6.45, 7) is 1.03. The van der Waals surface area contributed by atoms with Crippen LogP contribution in [0.25, 0.3) is 0 Å². The van der Waals surface area contributed by atoms with Crippen molar-refractivity contribution in [2.24, 2.45) is 0 Å². The number of carbonyl (C=O) groups is 2. The van der Waals surface area contributed by atoms with E-state index in [1.54, 1.807) is 31.2 Å². The van der Waals surface area contributed by atoms with Gasteiger partial charge in [0.05, 0.1) is 24.7 Å². The third kappa shape index (κ3) is 6.38. The third-order valence-electron chi connectivity index (χ3n) is 3.53. The molecule has 0 unspecified atom stereocenters. The van der Waals surface area contributed by atoms with E-state index in [1.807, 2.05) is 0 Å². The highest BCUT2D eigenvalue weighted by atomic mass is 16.6. The van der Waals surface area contributed by atoms with Crippen LogP contribution in [0, 0.1) is 10.1 Å². The molecule has 10 heteroatoms. The van der Waals surface area contributed by atoms with E-state index >= 15 is 0 Å². The Morgan fingerprint density at radius 3 is 2.45 bits per heavy atom. The van der Waals surface area contributed by atoms with Gasteiger partial charge in [0.1, 0.15) is 11.4 Å². The Morgan fingerprint density at radius 1 is 1.07 bits per heavy atom. The number of esters is 1. The number of nitrogens with zero attached hydrogens (tertiary/aromatic N) is 1. The number of hydrogen-bond donors (Lipinski definition) is 1. The molecule has 0 fully saturated rings. The molecule has 1 amide bonds. The zero-order valence-corrected chi connectivity index (χ0v) is 15.9. The summed E-state index contributed by atoms with van der Waals surface area (Å²) in [6, 6.07) is 10.8. The number of nitro benzene ring substituents is 1. The lowest BCUT2D eigenvalue weighted by Gasteiger charge is -2.10. The van der Waals surface area contributed by atoms with Crippen molar-refractivity contribution in [3.05, 3.63) is 52.6 Å². The number of ether oxygens (including phenoxy) is 4. The Balaban J connectivity index is 1.88. The topological polar surface area (TPSA) is 126 Å². The van der Waals surface area contributed by atoms with Crippen LogP contribution in [-0.2, 0) is 14.3 Å². The maximum absolute atomic E-state index is 12.0. The number of para-hydroxylation sites is 2. The molecule has 0 spiro atoms. The van der Waals surface area contributed by atoms with Crippen LogP contribution in [-0.4, -0.2) is 43.7 Å². The van der Waals surface area contributed by atoms with Gasteiger partial charge in [-0.25, -0.2) is 4.79 Å². The van der Waals surface area contributed by atoms with Crippen LogP contribution in [0.1, 0.15) is 6.92 Å². The summed E-state index contributed by atoms with van der Waals surface area (Å²) >= 11 is 0. The number of carbonyl (C=O) groups excluding carboxylic acids is 2. The van der Waals surface area contributed by atoms with E-state index in [2.05, 4.69) is 5.32 Å². The fourth-order valence-electron chi connectivity index (χ4n) is 2.27. The van der Waals surface area contributed by atoms with Crippen molar-refractivity contribution in [3.63, 3.8) is 0 Å². The van der Waals surface area contributed by atoms with E-state index in [1.165, 1.54) is 25.3 Å². The summed E-state index contributed by atoms with van der Waals surface area (Å²) in [5, 5.41) is 13.5. The van der Waals surface area contributed by atoms with Crippen LogP contribution in [0.2, 0.25) is 0 Å². The first-order valence-electron chi connectivity index (χ1n) is 8.57. The van der Waals surface area contributed by atoms with Gasteiger partial charge in [-0.1, -0.05) is 12.1 Å². The van der Waals surface area contributed by atoms with Gasteiger partial charge in [-0.05, 0) is 31.2 Å². The van der Waals surface area contributed by atoms with Gasteiger partial charge in [0.2, 0.25) is 0 Å². The van der Waals surface area contributed by atoms with Crippen LogP contribution < -0.4 is 19.5 Å². The molecular formula is C19H20N2O8. The summed E-state index contributed by atoms with van der Waals surface area (Å²) in [7, 11) is 1.46. The zero-order valence-electron chi connectivity index (χ0n) is 15.9. The molecule has 0 heterocycles. The predicted molar refractivity (Wildman–Crippen MR) is 102 cm³/mol. The molecule has 0 aliphatic carbocycles. The van der Waals surface area contributed by atoms with Crippen molar-refractivity contribution < 1.29 is 33.5 Å². The van der Waals surface area contributed by atoms with Gasteiger partial charge in [0.25, 0.3) is 11.6 Å². The summed E-state index contributed by atoms with van der Waals surface area (Å²) in [6.07, 6.45) is 0. The van der Waals surface area contributed by atoms with E-state index in [0.717, 1.165) is 0 Å². The van der Waals surface area contributed by atoms with E-state index in [4.69, 9.17) is 18.9 Å². The van der Waals surface area contributed by atoms with Crippen LogP contribution in [0.15, 0.2) is 42.5 Å². The molecule has 0 atom stereocenters. The lowest BCUT2D eigenvalue weighted by molar-refractivity contribution is -0.384. The van der Waals surface area contributed by atoms with Crippen molar-refractivity contribution in [3.8, 4) is 17.2 Å². The number of anilines is 1. The minimum atomic E-state index is -0.785. The molecule has 0 saturated heterocycles. The molecule has 2 aromatic rings. The summed E-state index contributed by atoms with van der Waals surface area (Å²) in [4.78, 5) is 34.3. The quantitative estimate of drug-likeness (QED) is 0.364. The molecule has 2 rings (SSSR count). The van der Waals surface area contributed by atoms with Gasteiger partial charge in [0.15, 0.2) is 24.7 Å².